The largest absolute Gasteiger partial charge is 0.534 e. The van der Waals surface area contributed by atoms with Gasteiger partial charge in [-0.3, -0.25) is 5.32 Å². The maximum atomic E-state index is 12.7. The summed E-state index contributed by atoms with van der Waals surface area (Å²) in [5, 5.41) is 6.14. The van der Waals surface area contributed by atoms with E-state index in [1.54, 1.807) is 48.5 Å². The number of nitrogens with one attached hydrogen (secondary N) is 1. The quantitative estimate of drug-likeness (QED) is 0.474. The molecule has 1 N–H and O–H groups in total. The average Bonchev–Trinajstić information content (AvgIpc) is 2.98. The van der Waals surface area contributed by atoms with Crippen LogP contribution in [0.4, 0.5) is 23.8 Å². The lowest BCUT2D eigenvalue weighted by molar-refractivity contribution is -0.0501. The lowest BCUT2D eigenvalue weighted by atomic mass is 10.3. The molecule has 30 heavy (non-hydrogen) atoms. The molecule has 2 aromatic carbocycles. The third-order valence-corrected chi connectivity index (χ3v) is 4.67. The number of alkyl halides is 3. The first-order valence-electron chi connectivity index (χ1n) is 8.28. The number of rotatable bonds is 5. The molecule has 0 unspecified atom stereocenters. The maximum Gasteiger partial charge on any atom is 0.534 e. The number of amides is 1. The average molecular weight is 441 g/mol. The van der Waals surface area contributed by atoms with E-state index in [0.717, 1.165) is 4.68 Å². The number of para-hydroxylation sites is 2. The predicted octanol–water partition coefficient (Wildman–Crippen LogP) is 4.02. The van der Waals surface area contributed by atoms with Gasteiger partial charge in [-0.1, -0.05) is 36.4 Å². The fraction of sp³-hybridized carbons (Fsp3) is 0.111. The van der Waals surface area contributed by atoms with Crippen LogP contribution < -0.4 is 14.2 Å². The summed E-state index contributed by atoms with van der Waals surface area (Å²) in [6.07, 6.45) is -0.966. The van der Waals surface area contributed by atoms with Gasteiger partial charge in [-0.2, -0.15) is 21.6 Å². The van der Waals surface area contributed by atoms with Gasteiger partial charge in [0, 0.05) is 0 Å². The molecule has 0 radical (unpaired) electrons. The Balaban J connectivity index is 1.98. The topological polar surface area (TPSA) is 99.5 Å². The number of ether oxygens (including phenoxy) is 1. The summed E-state index contributed by atoms with van der Waals surface area (Å²) in [6.45, 7) is 1.24. The van der Waals surface area contributed by atoms with Gasteiger partial charge >= 0.3 is 21.7 Å². The van der Waals surface area contributed by atoms with Gasteiger partial charge < -0.3 is 8.92 Å². The van der Waals surface area contributed by atoms with Gasteiger partial charge in [0.1, 0.15) is 11.6 Å². The van der Waals surface area contributed by atoms with E-state index >= 15 is 0 Å². The summed E-state index contributed by atoms with van der Waals surface area (Å²) in [5.41, 5.74) is -5.47. The summed E-state index contributed by atoms with van der Waals surface area (Å²) in [4.78, 5) is 12.3. The first-order valence-corrected chi connectivity index (χ1v) is 9.69. The zero-order chi connectivity index (χ0) is 21.9. The Morgan fingerprint density at radius 3 is 2.17 bits per heavy atom. The van der Waals surface area contributed by atoms with Crippen LogP contribution >= 0.6 is 0 Å². The Morgan fingerprint density at radius 2 is 1.60 bits per heavy atom. The van der Waals surface area contributed by atoms with E-state index in [4.69, 9.17) is 4.74 Å². The number of carbonyl (C=O) groups is 1. The summed E-state index contributed by atoms with van der Waals surface area (Å²) in [7, 11) is -5.96. The van der Waals surface area contributed by atoms with Crippen LogP contribution in [0, 0.1) is 6.92 Å². The maximum absolute atomic E-state index is 12.7. The number of hydrogen-bond donors (Lipinski definition) is 1. The molecule has 0 aliphatic carbocycles. The van der Waals surface area contributed by atoms with Crippen molar-refractivity contribution in [3.63, 3.8) is 0 Å². The van der Waals surface area contributed by atoms with Crippen LogP contribution in [0.1, 0.15) is 5.56 Å². The van der Waals surface area contributed by atoms with Gasteiger partial charge in [0.25, 0.3) is 5.88 Å². The molecule has 1 aromatic heterocycles. The highest BCUT2D eigenvalue weighted by Gasteiger charge is 2.49. The Bertz CT molecular complexity index is 1150. The van der Waals surface area contributed by atoms with E-state index < -0.39 is 27.6 Å². The van der Waals surface area contributed by atoms with Gasteiger partial charge in [-0.15, -0.1) is 5.10 Å². The van der Waals surface area contributed by atoms with E-state index in [0.29, 0.717) is 5.69 Å². The van der Waals surface area contributed by atoms with Crippen LogP contribution in [0.15, 0.2) is 60.7 Å². The summed E-state index contributed by atoms with van der Waals surface area (Å²) in [6, 6.07) is 16.0. The van der Waals surface area contributed by atoms with Crippen molar-refractivity contribution >= 4 is 22.0 Å². The first kappa shape index (κ1) is 21.2. The van der Waals surface area contributed by atoms with Crippen LogP contribution in [0.25, 0.3) is 5.69 Å². The summed E-state index contributed by atoms with van der Waals surface area (Å²) < 4.78 is 71.2. The zero-order valence-electron chi connectivity index (χ0n) is 15.3. The second-order valence-corrected chi connectivity index (χ2v) is 7.37. The molecule has 0 saturated heterocycles. The highest BCUT2D eigenvalue weighted by Crippen LogP contribution is 2.33. The lowest BCUT2D eigenvalue weighted by Gasteiger charge is -2.10. The van der Waals surface area contributed by atoms with E-state index in [1.165, 1.54) is 19.1 Å². The second-order valence-electron chi connectivity index (χ2n) is 5.84. The van der Waals surface area contributed by atoms with Crippen molar-refractivity contribution in [2.75, 3.05) is 5.32 Å². The van der Waals surface area contributed by atoms with E-state index in [2.05, 4.69) is 14.6 Å². The molecule has 158 valence electrons. The number of carbonyl (C=O) groups excluding carboxylic acids is 1. The molecule has 1 heterocycles. The molecule has 0 aliphatic heterocycles. The van der Waals surface area contributed by atoms with Crippen LogP contribution in [-0.4, -0.2) is 29.8 Å². The fourth-order valence-corrected chi connectivity index (χ4v) is 2.79. The molecular formula is C18H14F3N3O5S. The number of hydrogen-bond acceptors (Lipinski definition) is 6. The van der Waals surface area contributed by atoms with Crippen LogP contribution in [0.3, 0.4) is 0 Å². The van der Waals surface area contributed by atoms with Crippen molar-refractivity contribution in [2.45, 2.75) is 12.4 Å². The third-order valence-electron chi connectivity index (χ3n) is 3.73. The van der Waals surface area contributed by atoms with E-state index in [1.807, 2.05) is 0 Å². The summed E-state index contributed by atoms with van der Waals surface area (Å²) >= 11 is 0. The Morgan fingerprint density at radius 1 is 1.03 bits per heavy atom. The SMILES string of the molecule is Cc1c(OS(=O)(=O)C(F)(F)F)nn(-c2ccccc2)c1NC(=O)Oc1ccccc1. The Hall–Kier alpha value is -3.54. The number of aromatic nitrogens is 2. The van der Waals surface area contributed by atoms with Crippen molar-refractivity contribution in [3.05, 3.63) is 66.2 Å². The van der Waals surface area contributed by atoms with Gasteiger partial charge in [0.05, 0.1) is 11.3 Å². The molecule has 0 atom stereocenters. The number of halogens is 3. The molecule has 0 spiro atoms. The minimum Gasteiger partial charge on any atom is -0.410 e. The number of benzene rings is 2. The standard InChI is InChI=1S/C18H14F3N3O5S/c1-12-15(22-17(25)28-14-10-6-3-7-11-14)24(13-8-4-2-5-9-13)23-16(12)29-30(26,27)18(19,20)21/h2-11H,1H3,(H,22,25). The van der Waals surface area contributed by atoms with Crippen molar-refractivity contribution < 1.29 is 35.3 Å². The monoisotopic (exact) mass is 441 g/mol. The van der Waals surface area contributed by atoms with Crippen molar-refractivity contribution in [2.24, 2.45) is 0 Å². The molecule has 0 bridgehead atoms. The third kappa shape index (κ3) is 4.54. The van der Waals surface area contributed by atoms with Gasteiger partial charge in [0.2, 0.25) is 0 Å². The zero-order valence-corrected chi connectivity index (χ0v) is 16.1. The van der Waals surface area contributed by atoms with Crippen LogP contribution in [-0.2, 0) is 10.1 Å². The molecule has 0 aliphatic rings. The molecule has 3 rings (SSSR count). The van der Waals surface area contributed by atoms with Gasteiger partial charge in [0.15, 0.2) is 0 Å². The smallest absolute Gasteiger partial charge is 0.410 e. The van der Waals surface area contributed by atoms with Crippen molar-refractivity contribution in [1.82, 2.24) is 9.78 Å². The van der Waals surface area contributed by atoms with Crippen molar-refractivity contribution in [3.8, 4) is 17.3 Å². The number of nitrogens with zero attached hydrogens (tertiary/aromatic N) is 2. The highest BCUT2D eigenvalue weighted by atomic mass is 32.2. The van der Waals surface area contributed by atoms with Gasteiger partial charge in [-0.25, -0.2) is 9.48 Å². The van der Waals surface area contributed by atoms with Gasteiger partial charge in [-0.05, 0) is 31.2 Å². The van der Waals surface area contributed by atoms with E-state index in [9.17, 15) is 26.4 Å². The highest BCUT2D eigenvalue weighted by molar-refractivity contribution is 7.87. The minimum absolute atomic E-state index is 0.130. The molecule has 1 amide bonds. The first-order chi connectivity index (χ1) is 14.1. The molecule has 0 saturated carbocycles. The normalized spacial score (nSPS) is 11.7. The Labute approximate surface area is 169 Å². The molecule has 3 aromatic rings. The minimum atomic E-state index is -5.96. The molecular weight excluding hydrogens is 427 g/mol. The van der Waals surface area contributed by atoms with Crippen LogP contribution in [0.2, 0.25) is 0 Å². The molecule has 12 heteroatoms. The van der Waals surface area contributed by atoms with Crippen molar-refractivity contribution in [1.29, 1.82) is 0 Å². The van der Waals surface area contributed by atoms with E-state index in [-0.39, 0.29) is 17.1 Å². The predicted molar refractivity (Wildman–Crippen MR) is 100.0 cm³/mol. The molecule has 0 fully saturated rings. The second kappa shape index (κ2) is 8.06. The Kier molecular flexibility index (Phi) is 5.69. The summed E-state index contributed by atoms with van der Waals surface area (Å²) in [5.74, 6) is -0.754. The fourth-order valence-electron chi connectivity index (χ4n) is 2.33. The van der Waals surface area contributed by atoms with Crippen LogP contribution in [0.5, 0.6) is 11.6 Å². The lowest BCUT2D eigenvalue weighted by Crippen LogP contribution is -2.28. The number of anilines is 1. The molecule has 8 nitrogen and oxygen atoms in total.